The molecule has 1 fully saturated rings. The number of nitrogens with zero attached hydrogens (tertiary/aromatic N) is 1. The van der Waals surface area contributed by atoms with Crippen molar-refractivity contribution < 1.29 is 29.4 Å². The predicted octanol–water partition coefficient (Wildman–Crippen LogP) is 1.02. The zero-order valence-corrected chi connectivity index (χ0v) is 12.1. The summed E-state index contributed by atoms with van der Waals surface area (Å²) in [6, 6.07) is 0. The van der Waals surface area contributed by atoms with Crippen molar-refractivity contribution in [1.29, 1.82) is 0 Å². The summed E-state index contributed by atoms with van der Waals surface area (Å²) in [6.07, 6.45) is 5.42. The third-order valence-corrected chi connectivity index (χ3v) is 3.50. The van der Waals surface area contributed by atoms with Crippen LogP contribution in [0.3, 0.4) is 0 Å². The maximum absolute atomic E-state index is 11.4. The molecule has 21 heavy (non-hydrogen) atoms. The lowest BCUT2D eigenvalue weighted by Crippen LogP contribution is -2.26. The monoisotopic (exact) mass is 301 g/mol. The zero-order valence-electron chi connectivity index (χ0n) is 12.1. The third-order valence-electron chi connectivity index (χ3n) is 3.50. The summed E-state index contributed by atoms with van der Waals surface area (Å²) in [7, 11) is 0. The Morgan fingerprint density at radius 3 is 2.48 bits per heavy atom. The zero-order chi connectivity index (χ0) is 15.7. The van der Waals surface area contributed by atoms with Crippen LogP contribution in [0.2, 0.25) is 0 Å². The van der Waals surface area contributed by atoms with E-state index in [0.717, 1.165) is 32.1 Å². The SMILES string of the molecule is O=C(CCCCCCCC1CC(=O)N(O)C1=O)OCCO. The Hall–Kier alpha value is -1.47. The van der Waals surface area contributed by atoms with Crippen LogP contribution in [0.5, 0.6) is 0 Å². The topological polar surface area (TPSA) is 104 Å². The molecule has 0 aliphatic carbocycles. The number of hydroxylamine groups is 2. The molecule has 0 radical (unpaired) electrons. The van der Waals surface area contributed by atoms with E-state index in [2.05, 4.69) is 0 Å². The largest absolute Gasteiger partial charge is 0.463 e. The Kier molecular flexibility index (Phi) is 7.92. The lowest BCUT2D eigenvalue weighted by Gasteiger charge is -2.07. The Bertz CT molecular complexity index is 370. The first-order chi connectivity index (χ1) is 10.1. The average molecular weight is 301 g/mol. The fourth-order valence-corrected chi connectivity index (χ4v) is 2.33. The Balaban J connectivity index is 1.97. The van der Waals surface area contributed by atoms with Gasteiger partial charge in [-0.2, -0.15) is 5.06 Å². The second-order valence-corrected chi connectivity index (χ2v) is 5.20. The molecule has 0 bridgehead atoms. The van der Waals surface area contributed by atoms with Crippen LogP contribution in [0.25, 0.3) is 0 Å². The van der Waals surface area contributed by atoms with Crippen LogP contribution in [0.1, 0.15) is 51.4 Å². The Morgan fingerprint density at radius 2 is 1.86 bits per heavy atom. The lowest BCUT2D eigenvalue weighted by molar-refractivity contribution is -0.172. The molecular weight excluding hydrogens is 278 g/mol. The van der Waals surface area contributed by atoms with Crippen LogP contribution in [-0.2, 0) is 19.1 Å². The summed E-state index contributed by atoms with van der Waals surface area (Å²) in [5.74, 6) is -1.68. The highest BCUT2D eigenvalue weighted by molar-refractivity contribution is 6.02. The highest BCUT2D eigenvalue weighted by Crippen LogP contribution is 2.23. The summed E-state index contributed by atoms with van der Waals surface area (Å²) in [6.45, 7) is -0.103. The van der Waals surface area contributed by atoms with Gasteiger partial charge in [-0.25, -0.2) is 0 Å². The molecule has 1 rings (SSSR count). The number of unbranched alkanes of at least 4 members (excludes halogenated alkanes) is 4. The van der Waals surface area contributed by atoms with Crippen LogP contribution in [0.4, 0.5) is 0 Å². The first-order valence-electron chi connectivity index (χ1n) is 7.38. The molecule has 2 amide bonds. The molecule has 7 heteroatoms. The van der Waals surface area contributed by atoms with E-state index in [1.165, 1.54) is 0 Å². The van der Waals surface area contributed by atoms with Crippen LogP contribution in [-0.4, -0.2) is 46.4 Å². The van der Waals surface area contributed by atoms with Crippen molar-refractivity contribution in [3.63, 3.8) is 0 Å². The summed E-state index contributed by atoms with van der Waals surface area (Å²) in [4.78, 5) is 33.7. The van der Waals surface area contributed by atoms with Gasteiger partial charge in [0.25, 0.3) is 11.8 Å². The molecule has 1 aliphatic rings. The van der Waals surface area contributed by atoms with Gasteiger partial charge in [0.15, 0.2) is 0 Å². The minimum atomic E-state index is -0.522. The van der Waals surface area contributed by atoms with Gasteiger partial charge >= 0.3 is 5.97 Å². The number of imide groups is 1. The minimum absolute atomic E-state index is 0.0504. The van der Waals surface area contributed by atoms with Gasteiger partial charge in [-0.1, -0.05) is 25.7 Å². The van der Waals surface area contributed by atoms with E-state index in [-0.39, 0.29) is 36.6 Å². The maximum Gasteiger partial charge on any atom is 0.305 e. The van der Waals surface area contributed by atoms with Crippen LogP contribution < -0.4 is 0 Å². The van der Waals surface area contributed by atoms with Gasteiger partial charge in [-0.15, -0.1) is 0 Å². The number of carbonyl (C=O) groups is 3. The van der Waals surface area contributed by atoms with Crippen molar-refractivity contribution in [2.45, 2.75) is 51.4 Å². The quantitative estimate of drug-likeness (QED) is 0.270. The lowest BCUT2D eigenvalue weighted by atomic mass is 9.99. The fraction of sp³-hybridized carbons (Fsp3) is 0.786. The molecule has 0 aromatic carbocycles. The van der Waals surface area contributed by atoms with Gasteiger partial charge in [0.1, 0.15) is 6.61 Å². The average Bonchev–Trinajstić information content (AvgIpc) is 2.71. The predicted molar refractivity (Wildman–Crippen MR) is 72.1 cm³/mol. The van der Waals surface area contributed by atoms with Crippen LogP contribution in [0.15, 0.2) is 0 Å². The second-order valence-electron chi connectivity index (χ2n) is 5.20. The highest BCUT2D eigenvalue weighted by Gasteiger charge is 2.37. The molecule has 1 atom stereocenters. The van der Waals surface area contributed by atoms with Crippen LogP contribution >= 0.6 is 0 Å². The van der Waals surface area contributed by atoms with Gasteiger partial charge in [0.05, 0.1) is 6.61 Å². The van der Waals surface area contributed by atoms with Crippen molar-refractivity contribution >= 4 is 17.8 Å². The summed E-state index contributed by atoms with van der Waals surface area (Å²) < 4.78 is 4.73. The Morgan fingerprint density at radius 1 is 1.19 bits per heavy atom. The molecule has 0 aromatic rings. The number of esters is 1. The molecule has 0 aromatic heterocycles. The number of aliphatic hydroxyl groups excluding tert-OH is 1. The number of amides is 2. The molecule has 7 nitrogen and oxygen atoms in total. The van der Waals surface area contributed by atoms with E-state index in [9.17, 15) is 14.4 Å². The van der Waals surface area contributed by atoms with E-state index >= 15 is 0 Å². The highest BCUT2D eigenvalue weighted by atomic mass is 16.5. The number of hydrogen-bond acceptors (Lipinski definition) is 6. The molecule has 0 saturated carbocycles. The minimum Gasteiger partial charge on any atom is -0.463 e. The number of rotatable bonds is 10. The summed E-state index contributed by atoms with van der Waals surface area (Å²) in [5, 5.41) is 17.8. The van der Waals surface area contributed by atoms with Crippen molar-refractivity contribution in [3.05, 3.63) is 0 Å². The molecule has 1 unspecified atom stereocenters. The van der Waals surface area contributed by atoms with Gasteiger partial charge in [0.2, 0.25) is 0 Å². The molecule has 1 saturated heterocycles. The summed E-state index contributed by atoms with van der Waals surface area (Å²) in [5.41, 5.74) is 0. The third kappa shape index (κ3) is 6.22. The normalized spacial score (nSPS) is 18.4. The van der Waals surface area contributed by atoms with E-state index in [0.29, 0.717) is 12.8 Å². The van der Waals surface area contributed by atoms with Crippen molar-refractivity contribution in [2.24, 2.45) is 5.92 Å². The van der Waals surface area contributed by atoms with Gasteiger partial charge in [0, 0.05) is 18.8 Å². The molecule has 1 heterocycles. The number of hydrogen-bond donors (Lipinski definition) is 2. The second kappa shape index (κ2) is 9.46. The molecule has 1 aliphatic heterocycles. The first-order valence-corrected chi connectivity index (χ1v) is 7.38. The van der Waals surface area contributed by atoms with E-state index in [1.807, 2.05) is 0 Å². The fourth-order valence-electron chi connectivity index (χ4n) is 2.33. The van der Waals surface area contributed by atoms with Gasteiger partial charge in [-0.3, -0.25) is 19.6 Å². The van der Waals surface area contributed by atoms with Crippen molar-refractivity contribution in [2.75, 3.05) is 13.2 Å². The number of carbonyl (C=O) groups excluding carboxylic acids is 3. The molecule has 120 valence electrons. The first kappa shape index (κ1) is 17.6. The molecule has 0 spiro atoms. The summed E-state index contributed by atoms with van der Waals surface area (Å²) >= 11 is 0. The van der Waals surface area contributed by atoms with Crippen molar-refractivity contribution in [3.8, 4) is 0 Å². The van der Waals surface area contributed by atoms with Crippen molar-refractivity contribution in [1.82, 2.24) is 5.06 Å². The van der Waals surface area contributed by atoms with E-state index in [1.54, 1.807) is 0 Å². The smallest absolute Gasteiger partial charge is 0.305 e. The van der Waals surface area contributed by atoms with Crippen LogP contribution in [0, 0.1) is 5.92 Å². The Labute approximate surface area is 123 Å². The van der Waals surface area contributed by atoms with E-state index in [4.69, 9.17) is 15.1 Å². The number of aliphatic hydroxyl groups is 1. The van der Waals surface area contributed by atoms with Gasteiger partial charge in [-0.05, 0) is 12.8 Å². The molecular formula is C14H23NO6. The van der Waals surface area contributed by atoms with E-state index < -0.39 is 11.8 Å². The standard InChI is InChI=1S/C14H23NO6/c16-8-9-21-13(18)7-5-3-1-2-4-6-11-10-12(17)15(20)14(11)19/h11,16,20H,1-10H2. The molecule has 2 N–H and O–H groups in total. The maximum atomic E-state index is 11.4. The van der Waals surface area contributed by atoms with Gasteiger partial charge < -0.3 is 9.84 Å². The number of ether oxygens (including phenoxy) is 1.